The van der Waals surface area contributed by atoms with Crippen LogP contribution in [0.4, 0.5) is 0 Å². The fraction of sp³-hybridized carbons (Fsp3) is 0.583. The van der Waals surface area contributed by atoms with E-state index < -0.39 is 6.10 Å². The smallest absolute Gasteiger partial charge is 0.270 e. The zero-order valence-corrected chi connectivity index (χ0v) is 11.6. The molecule has 1 fully saturated rings. The maximum atomic E-state index is 12.2. The molecule has 0 aromatic carbocycles. The maximum Gasteiger partial charge on any atom is 0.270 e. The number of hydrogen-bond donors (Lipinski definition) is 2. The highest BCUT2D eigenvalue weighted by atomic mass is 35.5. The van der Waals surface area contributed by atoms with Crippen LogP contribution in [0.25, 0.3) is 0 Å². The summed E-state index contributed by atoms with van der Waals surface area (Å²) < 4.78 is 0. The number of rotatable bonds is 2. The van der Waals surface area contributed by atoms with Gasteiger partial charge in [0.1, 0.15) is 10.8 Å². The second-order valence-corrected chi connectivity index (χ2v) is 5.47. The Hall–Kier alpha value is -0.710. The van der Waals surface area contributed by atoms with Crippen LogP contribution in [0.1, 0.15) is 36.2 Å². The zero-order chi connectivity index (χ0) is 13.3. The van der Waals surface area contributed by atoms with E-state index in [9.17, 15) is 9.90 Å². The first kappa shape index (κ1) is 13.7. The third-order valence-corrected chi connectivity index (χ3v) is 4.16. The average molecular weight is 291 g/mol. The Labute approximate surface area is 116 Å². The predicted molar refractivity (Wildman–Crippen MR) is 71.2 cm³/mol. The van der Waals surface area contributed by atoms with Crippen molar-refractivity contribution in [2.24, 2.45) is 0 Å². The third kappa shape index (κ3) is 2.66. The first-order valence-corrected chi connectivity index (χ1v) is 6.75. The van der Waals surface area contributed by atoms with E-state index in [-0.39, 0.29) is 17.1 Å². The minimum absolute atomic E-state index is 0.132. The molecule has 0 aliphatic heterocycles. The molecule has 4 nitrogen and oxygen atoms in total. The van der Waals surface area contributed by atoms with Gasteiger partial charge in [0.15, 0.2) is 0 Å². The Balaban J connectivity index is 2.12. The molecule has 18 heavy (non-hydrogen) atoms. The van der Waals surface area contributed by atoms with Gasteiger partial charge in [-0.2, -0.15) is 0 Å². The van der Waals surface area contributed by atoms with Crippen LogP contribution in [0.3, 0.4) is 0 Å². The summed E-state index contributed by atoms with van der Waals surface area (Å²) in [7, 11) is 1.70. The number of likely N-dealkylation sites (N-methyl/N-ethyl adjacent to an activating group) is 1. The van der Waals surface area contributed by atoms with Gasteiger partial charge in [-0.3, -0.25) is 4.79 Å². The molecule has 2 N–H and O–H groups in total. The second-order valence-electron chi connectivity index (χ2n) is 4.68. The normalized spacial score (nSPS) is 24.0. The Morgan fingerprint density at radius 1 is 1.44 bits per heavy atom. The van der Waals surface area contributed by atoms with Gasteiger partial charge in [0.25, 0.3) is 5.91 Å². The van der Waals surface area contributed by atoms with E-state index in [1.165, 1.54) is 6.07 Å². The van der Waals surface area contributed by atoms with Crippen molar-refractivity contribution in [2.75, 3.05) is 7.05 Å². The Morgan fingerprint density at radius 3 is 2.67 bits per heavy atom. The first-order valence-electron chi connectivity index (χ1n) is 6.00. The highest BCUT2D eigenvalue weighted by Crippen LogP contribution is 2.26. The molecule has 1 saturated carbocycles. The fourth-order valence-corrected chi connectivity index (χ4v) is 2.72. The predicted octanol–water partition coefficient (Wildman–Crippen LogP) is 2.70. The van der Waals surface area contributed by atoms with Crippen LogP contribution in [0.5, 0.6) is 0 Å². The molecule has 1 aromatic heterocycles. The molecule has 1 heterocycles. The molecule has 1 amide bonds. The van der Waals surface area contributed by atoms with Gasteiger partial charge in [-0.05, 0) is 18.9 Å². The number of carbonyl (C=O) groups is 1. The van der Waals surface area contributed by atoms with Crippen molar-refractivity contribution in [1.29, 1.82) is 0 Å². The van der Waals surface area contributed by atoms with E-state index in [2.05, 4.69) is 4.98 Å². The zero-order valence-electron chi connectivity index (χ0n) is 10.1. The van der Waals surface area contributed by atoms with Crippen molar-refractivity contribution < 1.29 is 9.90 Å². The van der Waals surface area contributed by atoms with Gasteiger partial charge in [0.2, 0.25) is 0 Å². The number of aromatic nitrogens is 1. The molecule has 0 radical (unpaired) electrons. The number of carbonyl (C=O) groups excluding carboxylic acids is 1. The molecule has 6 heteroatoms. The standard InChI is InChI=1S/C12H16Cl2N2O2/c1-16(9-4-2-3-5-10(9)17)12(18)8-6-7(13)11(14)15-8/h6,9-10,15,17H,2-5H2,1H3. The lowest BCUT2D eigenvalue weighted by molar-refractivity contribution is 0.0265. The number of H-pyrrole nitrogens is 1. The largest absolute Gasteiger partial charge is 0.391 e. The van der Waals surface area contributed by atoms with Crippen molar-refractivity contribution in [1.82, 2.24) is 9.88 Å². The van der Waals surface area contributed by atoms with Crippen molar-refractivity contribution in [3.63, 3.8) is 0 Å². The number of aliphatic hydroxyl groups excluding tert-OH is 1. The topological polar surface area (TPSA) is 56.3 Å². The quantitative estimate of drug-likeness (QED) is 0.880. The number of aromatic amines is 1. The van der Waals surface area contributed by atoms with E-state index in [1.54, 1.807) is 11.9 Å². The molecule has 2 atom stereocenters. The van der Waals surface area contributed by atoms with E-state index in [1.807, 2.05) is 0 Å². The van der Waals surface area contributed by atoms with Crippen LogP contribution in [0.15, 0.2) is 6.07 Å². The van der Waals surface area contributed by atoms with Gasteiger partial charge in [0, 0.05) is 7.05 Å². The molecule has 0 spiro atoms. The highest BCUT2D eigenvalue weighted by Gasteiger charge is 2.30. The molecule has 0 saturated heterocycles. The van der Waals surface area contributed by atoms with Crippen molar-refractivity contribution in [3.8, 4) is 0 Å². The van der Waals surface area contributed by atoms with Gasteiger partial charge in [-0.25, -0.2) is 0 Å². The summed E-state index contributed by atoms with van der Waals surface area (Å²) in [6, 6.07) is 1.38. The SMILES string of the molecule is CN(C(=O)c1cc(Cl)c(Cl)[nH]1)C1CCCCC1O. The van der Waals surface area contributed by atoms with Gasteiger partial charge >= 0.3 is 0 Å². The first-order chi connectivity index (χ1) is 8.50. The lowest BCUT2D eigenvalue weighted by Crippen LogP contribution is -2.46. The van der Waals surface area contributed by atoms with Gasteiger partial charge in [-0.1, -0.05) is 36.0 Å². The van der Waals surface area contributed by atoms with Crippen LogP contribution in [0, 0.1) is 0 Å². The number of aliphatic hydroxyl groups is 1. The summed E-state index contributed by atoms with van der Waals surface area (Å²) in [4.78, 5) is 16.5. The van der Waals surface area contributed by atoms with E-state index in [0.717, 1.165) is 25.7 Å². The minimum atomic E-state index is -0.450. The monoisotopic (exact) mass is 290 g/mol. The summed E-state index contributed by atoms with van der Waals surface area (Å²) in [5, 5.41) is 10.5. The molecule has 1 aromatic rings. The van der Waals surface area contributed by atoms with Crippen LogP contribution in [-0.2, 0) is 0 Å². The lowest BCUT2D eigenvalue weighted by Gasteiger charge is -2.34. The van der Waals surface area contributed by atoms with Crippen LogP contribution >= 0.6 is 23.2 Å². The summed E-state index contributed by atoms with van der Waals surface area (Å²) >= 11 is 11.6. The maximum absolute atomic E-state index is 12.2. The average Bonchev–Trinajstić information content (AvgIpc) is 2.68. The number of hydrogen-bond acceptors (Lipinski definition) is 2. The van der Waals surface area contributed by atoms with Crippen molar-refractivity contribution >= 4 is 29.1 Å². The molecular weight excluding hydrogens is 275 g/mol. The second kappa shape index (κ2) is 5.51. The molecule has 1 aliphatic carbocycles. The van der Waals surface area contributed by atoms with Crippen LogP contribution in [-0.4, -0.2) is 40.1 Å². The molecular formula is C12H16Cl2N2O2. The molecule has 1 aliphatic rings. The summed E-state index contributed by atoms with van der Waals surface area (Å²) in [6.45, 7) is 0. The van der Waals surface area contributed by atoms with Crippen LogP contribution < -0.4 is 0 Å². The number of nitrogens with zero attached hydrogens (tertiary/aromatic N) is 1. The van der Waals surface area contributed by atoms with E-state index in [4.69, 9.17) is 23.2 Å². The van der Waals surface area contributed by atoms with Gasteiger partial charge in [0.05, 0.1) is 17.2 Å². The molecule has 2 rings (SSSR count). The molecule has 0 bridgehead atoms. The van der Waals surface area contributed by atoms with Gasteiger partial charge in [-0.15, -0.1) is 0 Å². The summed E-state index contributed by atoms with van der Waals surface area (Å²) in [6.07, 6.45) is 3.17. The lowest BCUT2D eigenvalue weighted by atomic mass is 9.91. The Bertz CT molecular complexity index is 428. The molecule has 100 valence electrons. The molecule has 2 unspecified atom stereocenters. The van der Waals surface area contributed by atoms with Crippen molar-refractivity contribution in [2.45, 2.75) is 37.8 Å². The fourth-order valence-electron chi connectivity index (χ4n) is 2.40. The van der Waals surface area contributed by atoms with Crippen molar-refractivity contribution in [3.05, 3.63) is 21.9 Å². The van der Waals surface area contributed by atoms with Gasteiger partial charge < -0.3 is 15.0 Å². The summed E-state index contributed by atoms with van der Waals surface area (Å²) in [5.74, 6) is -0.199. The highest BCUT2D eigenvalue weighted by molar-refractivity contribution is 6.41. The minimum Gasteiger partial charge on any atom is -0.391 e. The Morgan fingerprint density at radius 2 is 2.11 bits per heavy atom. The van der Waals surface area contributed by atoms with E-state index >= 15 is 0 Å². The third-order valence-electron chi connectivity index (χ3n) is 3.47. The number of amides is 1. The number of halogens is 2. The van der Waals surface area contributed by atoms with E-state index in [0.29, 0.717) is 10.7 Å². The van der Waals surface area contributed by atoms with Crippen LogP contribution in [0.2, 0.25) is 10.2 Å². The Kier molecular flexibility index (Phi) is 4.20. The number of nitrogens with one attached hydrogen (secondary N) is 1. The summed E-state index contributed by atoms with van der Waals surface area (Å²) in [5.41, 5.74) is 0.352.